The second kappa shape index (κ2) is 8.90. The van der Waals surface area contributed by atoms with Gasteiger partial charge in [-0.25, -0.2) is 0 Å². The Bertz CT molecular complexity index is 663. The lowest BCUT2D eigenvalue weighted by atomic mass is 10.3. The van der Waals surface area contributed by atoms with Crippen LogP contribution in [0.3, 0.4) is 0 Å². The van der Waals surface area contributed by atoms with Gasteiger partial charge in [-0.1, -0.05) is 12.1 Å². The molecule has 0 aliphatic rings. The molecule has 2 aromatic rings. The van der Waals surface area contributed by atoms with E-state index in [4.69, 9.17) is 33.9 Å². The van der Waals surface area contributed by atoms with Gasteiger partial charge < -0.3 is 20.1 Å². The first-order valence-corrected chi connectivity index (χ1v) is 7.84. The molecule has 0 radical (unpaired) electrons. The van der Waals surface area contributed by atoms with Gasteiger partial charge in [-0.05, 0) is 48.7 Å². The van der Waals surface area contributed by atoms with Crippen molar-refractivity contribution in [2.75, 3.05) is 24.9 Å². The molecule has 0 saturated heterocycles. The highest BCUT2D eigenvalue weighted by Gasteiger charge is 2.02. The molecule has 0 unspecified atom stereocenters. The summed E-state index contributed by atoms with van der Waals surface area (Å²) >= 11 is 10.4. The Morgan fingerprint density at radius 3 is 1.54 bits per heavy atom. The maximum absolute atomic E-state index is 5.21. The van der Waals surface area contributed by atoms with Crippen LogP contribution in [0.1, 0.15) is 0 Å². The third-order valence-corrected chi connectivity index (χ3v) is 3.35. The smallest absolute Gasteiger partial charge is 0.189 e. The quantitative estimate of drug-likeness (QED) is 0.489. The molecule has 2 rings (SSSR count). The maximum Gasteiger partial charge on any atom is 0.189 e. The van der Waals surface area contributed by atoms with Gasteiger partial charge in [0, 0.05) is 23.5 Å². The van der Waals surface area contributed by atoms with Crippen LogP contribution in [0.5, 0.6) is 11.5 Å². The molecule has 4 N–H and O–H groups in total. The Kier molecular flexibility index (Phi) is 6.59. The Morgan fingerprint density at radius 1 is 0.750 bits per heavy atom. The third kappa shape index (κ3) is 5.56. The molecule has 0 atom stereocenters. The highest BCUT2D eigenvalue weighted by molar-refractivity contribution is 7.81. The molecule has 8 heteroatoms. The van der Waals surface area contributed by atoms with Gasteiger partial charge in [0.25, 0.3) is 0 Å². The number of ether oxygens (including phenoxy) is 2. The normalized spacial score (nSPS) is 9.58. The van der Waals surface area contributed by atoms with Crippen molar-refractivity contribution < 1.29 is 9.47 Å². The number of hydrogen-bond donors (Lipinski definition) is 4. The molecule has 0 aromatic heterocycles. The van der Waals surface area contributed by atoms with E-state index in [9.17, 15) is 0 Å². The van der Waals surface area contributed by atoms with Gasteiger partial charge in [-0.3, -0.25) is 10.9 Å². The summed E-state index contributed by atoms with van der Waals surface area (Å²) in [5, 5.41) is 6.80. The number of nitrogens with one attached hydrogen (secondary N) is 4. The standard InChI is InChI=1S/C16H18N4O2S2/c1-21-13-7-3-5-11(9-13)17-15(23)19-20-16(24)18-12-6-4-8-14(10-12)22-2/h3-10H,1-2H3,(H2,17,19,23)(H2,18,20,24). The molecule has 2 aromatic carbocycles. The van der Waals surface area contributed by atoms with Gasteiger partial charge in [0.1, 0.15) is 11.5 Å². The first kappa shape index (κ1) is 17.8. The highest BCUT2D eigenvalue weighted by Crippen LogP contribution is 2.17. The second-order valence-corrected chi connectivity index (χ2v) is 5.44. The summed E-state index contributed by atoms with van der Waals surface area (Å²) in [5.41, 5.74) is 7.24. The van der Waals surface area contributed by atoms with Crippen molar-refractivity contribution in [1.82, 2.24) is 10.9 Å². The van der Waals surface area contributed by atoms with Crippen LogP contribution in [0.4, 0.5) is 11.4 Å². The molecule has 0 bridgehead atoms. The van der Waals surface area contributed by atoms with Gasteiger partial charge >= 0.3 is 0 Å². The van der Waals surface area contributed by atoms with Gasteiger partial charge in [0.15, 0.2) is 10.2 Å². The van der Waals surface area contributed by atoms with E-state index < -0.39 is 0 Å². The molecule has 0 amide bonds. The number of hydrazine groups is 1. The SMILES string of the molecule is COc1cccc(NC(=S)NNC(=S)Nc2cccc(OC)c2)c1. The Balaban J connectivity index is 1.81. The number of benzene rings is 2. The second-order valence-electron chi connectivity index (χ2n) is 4.62. The van der Waals surface area contributed by atoms with Gasteiger partial charge in [-0.2, -0.15) is 0 Å². The molecule has 24 heavy (non-hydrogen) atoms. The number of thiocarbonyl (C=S) groups is 2. The van der Waals surface area contributed by atoms with E-state index in [1.165, 1.54) is 0 Å². The Morgan fingerprint density at radius 2 is 1.17 bits per heavy atom. The molecule has 0 saturated carbocycles. The fraction of sp³-hybridized carbons (Fsp3) is 0.125. The monoisotopic (exact) mass is 362 g/mol. The number of hydrogen-bond acceptors (Lipinski definition) is 4. The maximum atomic E-state index is 5.21. The van der Waals surface area contributed by atoms with Crippen molar-refractivity contribution in [3.05, 3.63) is 48.5 Å². The number of methoxy groups -OCH3 is 2. The molecule has 0 fully saturated rings. The first-order valence-electron chi connectivity index (χ1n) is 7.03. The van der Waals surface area contributed by atoms with Crippen LogP contribution in [0.25, 0.3) is 0 Å². The molecule has 0 heterocycles. The highest BCUT2D eigenvalue weighted by atomic mass is 32.1. The van der Waals surface area contributed by atoms with E-state index in [0.29, 0.717) is 10.2 Å². The summed E-state index contributed by atoms with van der Waals surface area (Å²) in [6.07, 6.45) is 0. The van der Waals surface area contributed by atoms with E-state index in [1.54, 1.807) is 14.2 Å². The van der Waals surface area contributed by atoms with Crippen LogP contribution in [-0.2, 0) is 0 Å². The third-order valence-electron chi connectivity index (χ3n) is 2.94. The zero-order valence-electron chi connectivity index (χ0n) is 13.3. The van der Waals surface area contributed by atoms with Gasteiger partial charge in [0.05, 0.1) is 14.2 Å². The molecule has 126 valence electrons. The zero-order chi connectivity index (χ0) is 17.4. The molecule has 0 spiro atoms. The molecular formula is C16H18N4O2S2. The first-order chi connectivity index (χ1) is 11.6. The largest absolute Gasteiger partial charge is 0.497 e. The fourth-order valence-corrected chi connectivity index (χ4v) is 2.18. The summed E-state index contributed by atoms with van der Waals surface area (Å²) in [4.78, 5) is 0. The van der Waals surface area contributed by atoms with E-state index in [-0.39, 0.29) is 0 Å². The molecule has 0 aliphatic carbocycles. The number of rotatable bonds is 4. The van der Waals surface area contributed by atoms with Crippen molar-refractivity contribution in [2.45, 2.75) is 0 Å². The van der Waals surface area contributed by atoms with E-state index in [2.05, 4.69) is 21.5 Å². The average molecular weight is 362 g/mol. The van der Waals surface area contributed by atoms with Crippen molar-refractivity contribution in [2.24, 2.45) is 0 Å². The lowest BCUT2D eigenvalue weighted by Gasteiger charge is -2.15. The lowest BCUT2D eigenvalue weighted by molar-refractivity contribution is 0.415. The lowest BCUT2D eigenvalue weighted by Crippen LogP contribution is -2.45. The van der Waals surface area contributed by atoms with Crippen molar-refractivity contribution >= 4 is 46.0 Å². The van der Waals surface area contributed by atoms with Gasteiger partial charge in [-0.15, -0.1) is 0 Å². The molecule has 0 aliphatic heterocycles. The Labute approximate surface area is 151 Å². The van der Waals surface area contributed by atoms with Gasteiger partial charge in [0.2, 0.25) is 0 Å². The van der Waals surface area contributed by atoms with Crippen LogP contribution < -0.4 is 31.0 Å². The summed E-state index contributed by atoms with van der Waals surface area (Å²) in [6, 6.07) is 14.9. The average Bonchev–Trinajstić information content (AvgIpc) is 2.60. The fourth-order valence-electron chi connectivity index (χ4n) is 1.84. The van der Waals surface area contributed by atoms with Crippen LogP contribution in [0.15, 0.2) is 48.5 Å². The van der Waals surface area contributed by atoms with Crippen molar-refractivity contribution in [1.29, 1.82) is 0 Å². The van der Waals surface area contributed by atoms with Crippen molar-refractivity contribution in [3.8, 4) is 11.5 Å². The van der Waals surface area contributed by atoms with Crippen LogP contribution in [-0.4, -0.2) is 24.4 Å². The van der Waals surface area contributed by atoms with E-state index in [1.807, 2.05) is 48.5 Å². The number of anilines is 2. The minimum absolute atomic E-state index is 0.373. The van der Waals surface area contributed by atoms with E-state index in [0.717, 1.165) is 22.9 Å². The summed E-state index contributed by atoms with van der Waals surface area (Å²) in [5.74, 6) is 1.48. The Hall–Kier alpha value is -2.58. The summed E-state index contributed by atoms with van der Waals surface area (Å²) in [6.45, 7) is 0. The van der Waals surface area contributed by atoms with Crippen LogP contribution >= 0.6 is 24.4 Å². The van der Waals surface area contributed by atoms with Crippen molar-refractivity contribution in [3.63, 3.8) is 0 Å². The minimum Gasteiger partial charge on any atom is -0.497 e. The zero-order valence-corrected chi connectivity index (χ0v) is 14.9. The summed E-state index contributed by atoms with van der Waals surface area (Å²) in [7, 11) is 3.22. The molecule has 6 nitrogen and oxygen atoms in total. The topological polar surface area (TPSA) is 66.6 Å². The summed E-state index contributed by atoms with van der Waals surface area (Å²) < 4.78 is 10.3. The predicted molar refractivity (Wildman–Crippen MR) is 105 cm³/mol. The molecular weight excluding hydrogens is 344 g/mol. The van der Waals surface area contributed by atoms with E-state index >= 15 is 0 Å². The van der Waals surface area contributed by atoms with Crippen LogP contribution in [0, 0.1) is 0 Å². The minimum atomic E-state index is 0.373. The predicted octanol–water partition coefficient (Wildman–Crippen LogP) is 2.89. The van der Waals surface area contributed by atoms with Crippen LogP contribution in [0.2, 0.25) is 0 Å².